The molecule has 1 unspecified atom stereocenters. The van der Waals surface area contributed by atoms with Gasteiger partial charge in [0.15, 0.2) is 0 Å². The molecule has 1 N–H and O–H groups in total. The Labute approximate surface area is 129 Å². The van der Waals surface area contributed by atoms with Crippen molar-refractivity contribution in [3.63, 3.8) is 0 Å². The molecule has 2 aromatic rings. The summed E-state index contributed by atoms with van der Waals surface area (Å²) in [4.78, 5) is 8.53. The van der Waals surface area contributed by atoms with E-state index in [2.05, 4.69) is 20.4 Å². The molecule has 9 heteroatoms. The van der Waals surface area contributed by atoms with Crippen molar-refractivity contribution in [1.29, 1.82) is 0 Å². The van der Waals surface area contributed by atoms with E-state index in [0.29, 0.717) is 18.9 Å². The number of rotatable bonds is 4. The number of nitrogens with zero attached hydrogens (tertiary/aromatic N) is 5. The van der Waals surface area contributed by atoms with Gasteiger partial charge in [-0.25, -0.2) is 17.7 Å². The van der Waals surface area contributed by atoms with E-state index in [-0.39, 0.29) is 6.04 Å². The molecule has 2 aromatic heterocycles. The van der Waals surface area contributed by atoms with Crippen LogP contribution in [0, 0.1) is 0 Å². The van der Waals surface area contributed by atoms with E-state index in [0.717, 1.165) is 30.8 Å². The molecule has 3 heterocycles. The molecule has 0 saturated carbocycles. The zero-order valence-electron chi connectivity index (χ0n) is 12.7. The number of hydrogen-bond acceptors (Lipinski definition) is 6. The number of aryl methyl sites for hydroxylation is 1. The van der Waals surface area contributed by atoms with E-state index >= 15 is 0 Å². The second-order valence-electron chi connectivity index (χ2n) is 5.56. The summed E-state index contributed by atoms with van der Waals surface area (Å²) in [5.74, 6) is 1.36. The third kappa shape index (κ3) is 3.05. The number of sulfonamides is 1. The predicted octanol–water partition coefficient (Wildman–Crippen LogP) is 0.523. The maximum Gasteiger partial charge on any atom is 0.254 e. The Balaban J connectivity index is 1.85. The lowest BCUT2D eigenvalue weighted by molar-refractivity contribution is 0.328. The van der Waals surface area contributed by atoms with Crippen molar-refractivity contribution in [3.05, 3.63) is 18.1 Å². The van der Waals surface area contributed by atoms with Gasteiger partial charge >= 0.3 is 0 Å². The molecule has 0 radical (unpaired) electrons. The fourth-order valence-corrected chi connectivity index (χ4v) is 3.63. The highest BCUT2D eigenvalue weighted by atomic mass is 32.2. The molecule has 22 heavy (non-hydrogen) atoms. The molecule has 1 fully saturated rings. The second-order valence-corrected chi connectivity index (χ2v) is 7.55. The number of piperidine rings is 1. The van der Waals surface area contributed by atoms with Gasteiger partial charge in [-0.1, -0.05) is 6.92 Å². The van der Waals surface area contributed by atoms with Crippen LogP contribution in [0.25, 0.3) is 5.78 Å². The summed E-state index contributed by atoms with van der Waals surface area (Å²) >= 11 is 0. The molecular weight excluding hydrogens is 304 g/mol. The maximum atomic E-state index is 11.7. The Morgan fingerprint density at radius 1 is 1.45 bits per heavy atom. The molecule has 1 saturated heterocycles. The summed E-state index contributed by atoms with van der Waals surface area (Å²) in [7, 11) is -3.15. The third-order valence-corrected chi connectivity index (χ3v) is 5.14. The van der Waals surface area contributed by atoms with Crippen molar-refractivity contribution < 1.29 is 8.42 Å². The topological polar surface area (TPSA) is 92.5 Å². The van der Waals surface area contributed by atoms with Gasteiger partial charge in [-0.05, 0) is 19.3 Å². The zero-order chi connectivity index (χ0) is 15.7. The van der Waals surface area contributed by atoms with Crippen LogP contribution in [-0.4, -0.2) is 57.7 Å². The molecule has 0 aromatic carbocycles. The Morgan fingerprint density at radius 2 is 2.27 bits per heavy atom. The van der Waals surface area contributed by atoms with Crippen molar-refractivity contribution in [2.75, 3.05) is 24.7 Å². The van der Waals surface area contributed by atoms with Crippen molar-refractivity contribution in [3.8, 4) is 0 Å². The van der Waals surface area contributed by atoms with Gasteiger partial charge in [-0.3, -0.25) is 0 Å². The van der Waals surface area contributed by atoms with Crippen LogP contribution in [0.3, 0.4) is 0 Å². The molecule has 0 aliphatic carbocycles. The van der Waals surface area contributed by atoms with E-state index in [1.54, 1.807) is 4.52 Å². The lowest BCUT2D eigenvalue weighted by Gasteiger charge is -2.31. The number of anilines is 1. The molecule has 0 bridgehead atoms. The quantitative estimate of drug-likeness (QED) is 0.881. The fourth-order valence-electron chi connectivity index (χ4n) is 2.72. The van der Waals surface area contributed by atoms with Crippen LogP contribution in [0.15, 0.2) is 12.4 Å². The summed E-state index contributed by atoms with van der Waals surface area (Å²) in [6, 6.07) is 2.00. The minimum absolute atomic E-state index is 0.0583. The lowest BCUT2D eigenvalue weighted by atomic mass is 10.1. The number of fused-ring (bicyclic) bond motifs is 1. The Bertz CT molecular complexity index is 772. The summed E-state index contributed by atoms with van der Waals surface area (Å²) in [6.07, 6.45) is 5.30. The van der Waals surface area contributed by atoms with Gasteiger partial charge in [0.1, 0.15) is 12.1 Å². The minimum atomic E-state index is -3.15. The fraction of sp³-hybridized carbons (Fsp3) is 0.615. The monoisotopic (exact) mass is 324 g/mol. The first-order valence-electron chi connectivity index (χ1n) is 7.38. The number of aromatic nitrogens is 4. The standard InChI is InChI=1S/C13H20N6O2S/c1-3-10-7-12(19-13(17-10)14-9-15-19)16-11-5-4-6-18(8-11)22(2,20)21/h7,9,11,16H,3-6,8H2,1-2H3. The van der Waals surface area contributed by atoms with Crippen molar-refractivity contribution in [2.24, 2.45) is 0 Å². The minimum Gasteiger partial charge on any atom is -0.366 e. The Hall–Kier alpha value is -1.74. The van der Waals surface area contributed by atoms with Crippen LogP contribution < -0.4 is 5.32 Å². The summed E-state index contributed by atoms with van der Waals surface area (Å²) < 4.78 is 26.6. The smallest absolute Gasteiger partial charge is 0.254 e. The van der Waals surface area contributed by atoms with E-state index < -0.39 is 10.0 Å². The highest BCUT2D eigenvalue weighted by Crippen LogP contribution is 2.19. The molecule has 0 amide bonds. The maximum absolute atomic E-state index is 11.7. The van der Waals surface area contributed by atoms with Gasteiger partial charge in [0, 0.05) is 30.9 Å². The molecule has 3 rings (SSSR count). The first-order chi connectivity index (χ1) is 10.5. The lowest BCUT2D eigenvalue weighted by Crippen LogP contribution is -2.44. The molecule has 1 aliphatic heterocycles. The highest BCUT2D eigenvalue weighted by Gasteiger charge is 2.26. The summed E-state index contributed by atoms with van der Waals surface area (Å²) in [6.45, 7) is 3.09. The predicted molar refractivity (Wildman–Crippen MR) is 83.2 cm³/mol. The van der Waals surface area contributed by atoms with Gasteiger partial charge in [0.25, 0.3) is 5.78 Å². The first kappa shape index (κ1) is 15.2. The molecule has 120 valence electrons. The van der Waals surface area contributed by atoms with Crippen LogP contribution in [0.5, 0.6) is 0 Å². The van der Waals surface area contributed by atoms with E-state index in [1.165, 1.54) is 16.9 Å². The van der Waals surface area contributed by atoms with Gasteiger partial charge < -0.3 is 5.32 Å². The van der Waals surface area contributed by atoms with Gasteiger partial charge in [0.2, 0.25) is 10.0 Å². The Kier molecular flexibility index (Phi) is 4.00. The van der Waals surface area contributed by atoms with Crippen LogP contribution in [0.4, 0.5) is 5.82 Å². The summed E-state index contributed by atoms with van der Waals surface area (Å²) in [5.41, 5.74) is 0.929. The van der Waals surface area contributed by atoms with Gasteiger partial charge in [0.05, 0.1) is 6.26 Å². The van der Waals surface area contributed by atoms with Crippen LogP contribution in [-0.2, 0) is 16.4 Å². The van der Waals surface area contributed by atoms with Crippen molar-refractivity contribution in [1.82, 2.24) is 23.9 Å². The molecule has 1 aliphatic rings. The first-order valence-corrected chi connectivity index (χ1v) is 9.23. The number of nitrogens with one attached hydrogen (secondary N) is 1. The molecule has 1 atom stereocenters. The van der Waals surface area contributed by atoms with Crippen LogP contribution in [0.2, 0.25) is 0 Å². The van der Waals surface area contributed by atoms with Crippen molar-refractivity contribution in [2.45, 2.75) is 32.2 Å². The highest BCUT2D eigenvalue weighted by molar-refractivity contribution is 7.88. The van der Waals surface area contributed by atoms with E-state index in [9.17, 15) is 8.42 Å². The van der Waals surface area contributed by atoms with Gasteiger partial charge in [-0.15, -0.1) is 0 Å². The van der Waals surface area contributed by atoms with Gasteiger partial charge in [-0.2, -0.15) is 14.6 Å². The molecule has 8 nitrogen and oxygen atoms in total. The Morgan fingerprint density at radius 3 is 3.00 bits per heavy atom. The summed E-state index contributed by atoms with van der Waals surface area (Å²) in [5, 5.41) is 7.58. The van der Waals surface area contributed by atoms with E-state index in [4.69, 9.17) is 0 Å². The normalized spacial score (nSPS) is 20.4. The second kappa shape index (κ2) is 5.81. The molecular formula is C13H20N6O2S. The van der Waals surface area contributed by atoms with Crippen LogP contribution in [0.1, 0.15) is 25.5 Å². The SMILES string of the molecule is CCc1cc(NC2CCCN(S(C)(=O)=O)C2)n2ncnc2n1. The molecule has 0 spiro atoms. The van der Waals surface area contributed by atoms with Crippen molar-refractivity contribution >= 4 is 21.6 Å². The third-order valence-electron chi connectivity index (χ3n) is 3.87. The average Bonchev–Trinajstić information content (AvgIpc) is 2.95. The number of hydrogen-bond donors (Lipinski definition) is 1. The average molecular weight is 324 g/mol. The van der Waals surface area contributed by atoms with Crippen LogP contribution >= 0.6 is 0 Å². The zero-order valence-corrected chi connectivity index (χ0v) is 13.5. The van der Waals surface area contributed by atoms with E-state index in [1.807, 2.05) is 13.0 Å². The largest absolute Gasteiger partial charge is 0.366 e.